The van der Waals surface area contributed by atoms with Crippen molar-refractivity contribution < 1.29 is 44.3 Å². The largest absolute Gasteiger partial charge is 1.00 e. The van der Waals surface area contributed by atoms with Gasteiger partial charge in [0.15, 0.2) is 0 Å². The van der Waals surface area contributed by atoms with E-state index in [2.05, 4.69) is 4.99 Å². The first kappa shape index (κ1) is 13.0. The number of aliphatic carboxylic acids is 1. The van der Waals surface area contributed by atoms with Crippen molar-refractivity contribution in [1.29, 1.82) is 0 Å². The molecule has 1 aliphatic heterocycles. The van der Waals surface area contributed by atoms with Gasteiger partial charge in [-0.15, -0.1) is 0 Å². The van der Waals surface area contributed by atoms with Crippen LogP contribution in [0.15, 0.2) is 4.99 Å². The Morgan fingerprint density at radius 3 is 2.54 bits per heavy atom. The zero-order chi connectivity index (χ0) is 9.35. The number of aliphatic imine (C=N–C) groups is 1. The molecule has 1 atom stereocenters. The van der Waals surface area contributed by atoms with Crippen LogP contribution in [0.3, 0.4) is 0 Å². The monoisotopic (exact) mass is 233 g/mol. The summed E-state index contributed by atoms with van der Waals surface area (Å²) in [5, 5.41) is 11.4. The van der Waals surface area contributed by atoms with E-state index in [1.165, 1.54) is 0 Å². The van der Waals surface area contributed by atoms with Gasteiger partial charge in [0.25, 0.3) is 5.12 Å². The fraction of sp³-hybridized carbons (Fsp3) is 0.250. The Morgan fingerprint density at radius 2 is 2.15 bits per heavy atom. The van der Waals surface area contributed by atoms with Gasteiger partial charge in [-0.1, -0.05) is 11.6 Å². The molecule has 6 nitrogen and oxygen atoms in total. The van der Waals surface area contributed by atoms with Crippen LogP contribution in [0.25, 0.3) is 0 Å². The van der Waals surface area contributed by atoms with Crippen LogP contribution in [0.1, 0.15) is 0 Å². The normalized spacial score (nSPS) is 26.3. The van der Waals surface area contributed by atoms with E-state index in [4.69, 9.17) is 23.2 Å². The smallest absolute Gasteiger partial charge is 0.544 e. The number of amides is 2. The Bertz CT molecular complexity index is 284. The predicted octanol–water partition coefficient (Wildman–Crippen LogP) is -4.46. The number of halogens is 2. The molecule has 9 heteroatoms. The number of nitrogens with one attached hydrogen (secondary N) is 2. The fourth-order valence-electron chi connectivity index (χ4n) is 0.563. The number of carboxylic acids is 1. The molecule has 0 fully saturated rings. The molecule has 0 saturated carbocycles. The summed E-state index contributed by atoms with van der Waals surface area (Å²) >= 11 is 10.5. The van der Waals surface area contributed by atoms with E-state index in [1.807, 2.05) is 5.32 Å². The van der Waals surface area contributed by atoms with Gasteiger partial charge in [-0.25, -0.2) is 9.79 Å². The molecule has 0 saturated heterocycles. The maximum Gasteiger partial charge on any atom is 1.00 e. The second-order valence-corrected chi connectivity index (χ2v) is 2.80. The zero-order valence-corrected chi connectivity index (χ0v) is 9.94. The summed E-state index contributed by atoms with van der Waals surface area (Å²) in [5.74, 6) is -1.75. The van der Waals surface area contributed by atoms with Crippen LogP contribution in [0, 0.1) is 0 Å². The number of carbonyl (C=O) groups excluding carboxylic acids is 2. The van der Waals surface area contributed by atoms with E-state index in [0.717, 1.165) is 0 Å². The summed E-state index contributed by atoms with van der Waals surface area (Å²) in [5.41, 5.74) is 0. The molecular weight excluding hydrogens is 232 g/mol. The SMILES string of the molecule is O=C1NC(Cl)=NC(Cl)(C(=O)[O-])N1.[Na+]. The first-order valence-corrected chi connectivity index (χ1v) is 3.44. The molecule has 66 valence electrons. The van der Waals surface area contributed by atoms with Crippen molar-refractivity contribution in [1.82, 2.24) is 10.6 Å². The number of carbonyl (C=O) groups is 2. The first-order chi connectivity index (χ1) is 5.44. The average Bonchev–Trinajstić information content (AvgIpc) is 1.82. The van der Waals surface area contributed by atoms with Gasteiger partial charge in [0.2, 0.25) is 5.29 Å². The molecule has 0 bridgehead atoms. The summed E-state index contributed by atoms with van der Waals surface area (Å²) in [7, 11) is 0. The second kappa shape index (κ2) is 4.47. The molecule has 1 unspecified atom stereocenters. The van der Waals surface area contributed by atoms with Crippen molar-refractivity contribution in [2.75, 3.05) is 0 Å². The Morgan fingerprint density at radius 1 is 1.62 bits per heavy atom. The molecule has 0 radical (unpaired) electrons. The first-order valence-electron chi connectivity index (χ1n) is 2.69. The van der Waals surface area contributed by atoms with Crippen LogP contribution < -0.4 is 45.3 Å². The van der Waals surface area contributed by atoms with E-state index >= 15 is 0 Å². The average molecular weight is 234 g/mol. The molecule has 1 heterocycles. The van der Waals surface area contributed by atoms with Crippen molar-refractivity contribution in [2.24, 2.45) is 4.99 Å². The summed E-state index contributed by atoms with van der Waals surface area (Å²) in [4.78, 5) is 24.2. The van der Waals surface area contributed by atoms with Gasteiger partial charge in [-0.05, 0) is 11.6 Å². The molecule has 1 rings (SSSR count). The minimum atomic E-state index is -2.31. The molecular formula is C4H2Cl2N3NaO3. The van der Waals surface area contributed by atoms with Crippen LogP contribution in [0.4, 0.5) is 4.79 Å². The number of carboxylic acid groups (broad SMARTS) is 1. The summed E-state index contributed by atoms with van der Waals surface area (Å²) in [6.45, 7) is 0. The zero-order valence-electron chi connectivity index (χ0n) is 6.43. The van der Waals surface area contributed by atoms with Gasteiger partial charge in [0, 0.05) is 0 Å². The van der Waals surface area contributed by atoms with Crippen LogP contribution in [-0.2, 0) is 4.79 Å². The van der Waals surface area contributed by atoms with Gasteiger partial charge in [-0.3, -0.25) is 10.6 Å². The molecule has 0 aromatic heterocycles. The number of rotatable bonds is 1. The van der Waals surface area contributed by atoms with E-state index in [9.17, 15) is 14.7 Å². The minimum absolute atomic E-state index is 0. The van der Waals surface area contributed by atoms with E-state index in [0.29, 0.717) is 0 Å². The number of nitrogens with zero attached hydrogens (tertiary/aromatic N) is 1. The summed E-state index contributed by atoms with van der Waals surface area (Å²) in [6.07, 6.45) is 0. The number of urea groups is 1. The molecule has 1 aliphatic rings. The van der Waals surface area contributed by atoms with Crippen LogP contribution in [-0.4, -0.2) is 22.4 Å². The van der Waals surface area contributed by atoms with Crippen LogP contribution in [0.2, 0.25) is 0 Å². The van der Waals surface area contributed by atoms with Gasteiger partial charge < -0.3 is 9.90 Å². The van der Waals surface area contributed by atoms with E-state index in [-0.39, 0.29) is 29.6 Å². The third-order valence-corrected chi connectivity index (χ3v) is 1.53. The molecule has 2 N–H and O–H groups in total. The van der Waals surface area contributed by atoms with Crippen molar-refractivity contribution in [2.45, 2.75) is 5.12 Å². The standard InChI is InChI=1S/C4H3Cl2N3O3.Na/c5-2-7-3(12)9-4(6,8-2)1(10)11;/h(H,10,11)(H2,7,8,9,12);/q;+1/p-1. The third-order valence-electron chi connectivity index (χ3n) is 1.02. The Labute approximate surface area is 105 Å². The summed E-state index contributed by atoms with van der Waals surface area (Å²) in [6, 6.07) is -0.853. The molecule has 0 spiro atoms. The van der Waals surface area contributed by atoms with Gasteiger partial charge in [0.05, 0.1) is 0 Å². The third kappa shape index (κ3) is 2.99. The number of alkyl halides is 1. The van der Waals surface area contributed by atoms with Crippen LogP contribution >= 0.6 is 23.2 Å². The van der Waals surface area contributed by atoms with Crippen molar-refractivity contribution >= 4 is 40.5 Å². The quantitative estimate of drug-likeness (QED) is 0.272. The van der Waals surface area contributed by atoms with Crippen LogP contribution in [0.5, 0.6) is 0 Å². The maximum absolute atomic E-state index is 10.6. The van der Waals surface area contributed by atoms with Gasteiger partial charge >= 0.3 is 35.6 Å². The number of hydrogen-bond acceptors (Lipinski definition) is 4. The van der Waals surface area contributed by atoms with Gasteiger partial charge in [0.1, 0.15) is 5.97 Å². The Hall–Kier alpha value is -0.0100. The Kier molecular flexibility index (Phi) is 4.47. The summed E-state index contributed by atoms with van der Waals surface area (Å²) < 4.78 is 0. The number of hydrogen-bond donors (Lipinski definition) is 2. The molecule has 0 aliphatic carbocycles. The van der Waals surface area contributed by atoms with Crippen molar-refractivity contribution in [3.8, 4) is 0 Å². The molecule has 0 aromatic carbocycles. The van der Waals surface area contributed by atoms with E-state index in [1.54, 1.807) is 5.32 Å². The second-order valence-electron chi connectivity index (χ2n) is 1.89. The minimum Gasteiger partial charge on any atom is -0.544 e. The van der Waals surface area contributed by atoms with Gasteiger partial charge in [-0.2, -0.15) is 0 Å². The molecule has 0 aromatic rings. The number of amidine groups is 1. The molecule has 2 amide bonds. The Balaban J connectivity index is 0.00000144. The maximum atomic E-state index is 10.6. The predicted molar refractivity (Wildman–Crippen MR) is 38.5 cm³/mol. The van der Waals surface area contributed by atoms with E-state index < -0.39 is 22.4 Å². The topological polar surface area (TPSA) is 93.6 Å². The molecule has 13 heavy (non-hydrogen) atoms. The van der Waals surface area contributed by atoms with Crippen molar-refractivity contribution in [3.63, 3.8) is 0 Å². The fourth-order valence-corrected chi connectivity index (χ4v) is 0.989. The van der Waals surface area contributed by atoms with Crippen molar-refractivity contribution in [3.05, 3.63) is 0 Å².